The molecule has 2 aromatic rings. The van der Waals surface area contributed by atoms with Crippen LogP contribution in [-0.2, 0) is 11.2 Å². The third-order valence-corrected chi connectivity index (χ3v) is 4.95. The van der Waals surface area contributed by atoms with Crippen LogP contribution in [0.5, 0.6) is 0 Å². The number of hydrogen-bond acceptors (Lipinski definition) is 3. The quantitative estimate of drug-likeness (QED) is 0.825. The Labute approximate surface area is 145 Å². The van der Waals surface area contributed by atoms with Crippen molar-refractivity contribution >= 4 is 27.7 Å². The van der Waals surface area contributed by atoms with E-state index in [1.165, 1.54) is 5.56 Å². The lowest BCUT2D eigenvalue weighted by molar-refractivity contribution is -0.131. The molecule has 5 heteroatoms. The van der Waals surface area contributed by atoms with Crippen molar-refractivity contribution in [2.24, 2.45) is 0 Å². The van der Waals surface area contributed by atoms with Gasteiger partial charge in [-0.05, 0) is 30.2 Å². The first-order chi connectivity index (χ1) is 11.2. The van der Waals surface area contributed by atoms with Gasteiger partial charge in [0, 0.05) is 43.3 Å². The summed E-state index contributed by atoms with van der Waals surface area (Å²) in [7, 11) is 0. The maximum atomic E-state index is 12.4. The highest BCUT2D eigenvalue weighted by molar-refractivity contribution is 9.10. The second-order valence-corrected chi connectivity index (χ2v) is 6.50. The van der Waals surface area contributed by atoms with Crippen LogP contribution in [0.3, 0.4) is 0 Å². The van der Waals surface area contributed by atoms with Gasteiger partial charge in [0.05, 0.1) is 0 Å². The Balaban J connectivity index is 1.50. The number of pyridine rings is 1. The lowest BCUT2D eigenvalue weighted by Crippen LogP contribution is -2.49. The van der Waals surface area contributed by atoms with Crippen molar-refractivity contribution < 1.29 is 4.79 Å². The average molecular weight is 374 g/mol. The van der Waals surface area contributed by atoms with Crippen LogP contribution in [0.4, 0.5) is 5.82 Å². The van der Waals surface area contributed by atoms with Crippen molar-refractivity contribution in [2.45, 2.75) is 12.8 Å². The molecular formula is C18H20BrN3O. The molecule has 1 amide bonds. The molecule has 0 unspecified atom stereocenters. The minimum Gasteiger partial charge on any atom is -0.353 e. The molecule has 1 aromatic carbocycles. The van der Waals surface area contributed by atoms with E-state index in [9.17, 15) is 4.79 Å². The van der Waals surface area contributed by atoms with Gasteiger partial charge < -0.3 is 9.80 Å². The summed E-state index contributed by atoms with van der Waals surface area (Å²) < 4.78 is 1.08. The van der Waals surface area contributed by atoms with Gasteiger partial charge in [0.15, 0.2) is 0 Å². The molecule has 3 rings (SSSR count). The Hall–Kier alpha value is -1.88. The largest absolute Gasteiger partial charge is 0.353 e. The lowest BCUT2D eigenvalue weighted by Gasteiger charge is -2.35. The van der Waals surface area contributed by atoms with Gasteiger partial charge in [-0.15, -0.1) is 0 Å². The van der Waals surface area contributed by atoms with Gasteiger partial charge in [0.1, 0.15) is 5.82 Å². The normalized spacial score (nSPS) is 14.8. The van der Waals surface area contributed by atoms with Gasteiger partial charge in [-0.25, -0.2) is 4.98 Å². The van der Waals surface area contributed by atoms with E-state index in [0.717, 1.165) is 42.9 Å². The maximum absolute atomic E-state index is 12.4. The summed E-state index contributed by atoms with van der Waals surface area (Å²) in [5.74, 6) is 1.23. The van der Waals surface area contributed by atoms with Crippen LogP contribution in [-0.4, -0.2) is 42.0 Å². The summed E-state index contributed by atoms with van der Waals surface area (Å²) >= 11 is 3.54. The number of aryl methyl sites for hydroxylation is 1. The van der Waals surface area contributed by atoms with E-state index >= 15 is 0 Å². The molecule has 0 atom stereocenters. The van der Waals surface area contributed by atoms with Crippen molar-refractivity contribution in [1.29, 1.82) is 0 Å². The summed E-state index contributed by atoms with van der Waals surface area (Å²) in [5.41, 5.74) is 1.19. The highest BCUT2D eigenvalue weighted by atomic mass is 79.9. The van der Waals surface area contributed by atoms with Crippen LogP contribution in [0.1, 0.15) is 12.0 Å². The fourth-order valence-corrected chi connectivity index (χ4v) is 3.31. The highest BCUT2D eigenvalue weighted by Gasteiger charge is 2.21. The number of piperazine rings is 1. The zero-order chi connectivity index (χ0) is 16.1. The molecule has 1 aliphatic rings. The number of aromatic nitrogens is 1. The minimum atomic E-state index is 0.237. The SMILES string of the molecule is O=C(CCc1ccccc1Br)N1CCN(c2ccccn2)CC1. The second kappa shape index (κ2) is 7.59. The number of anilines is 1. The first-order valence-corrected chi connectivity index (χ1v) is 8.70. The molecule has 0 radical (unpaired) electrons. The molecule has 4 nitrogen and oxygen atoms in total. The minimum absolute atomic E-state index is 0.237. The number of carbonyl (C=O) groups excluding carboxylic acids is 1. The van der Waals surface area contributed by atoms with Crippen LogP contribution in [0, 0.1) is 0 Å². The van der Waals surface area contributed by atoms with Gasteiger partial charge in [-0.3, -0.25) is 4.79 Å². The Morgan fingerprint density at radius 2 is 1.78 bits per heavy atom. The number of hydrogen-bond donors (Lipinski definition) is 0. The molecule has 1 fully saturated rings. The predicted molar refractivity (Wildman–Crippen MR) is 95.5 cm³/mol. The van der Waals surface area contributed by atoms with Gasteiger partial charge in [-0.2, -0.15) is 0 Å². The summed E-state index contributed by atoms with van der Waals surface area (Å²) in [6.45, 7) is 3.23. The molecular weight excluding hydrogens is 354 g/mol. The summed E-state index contributed by atoms with van der Waals surface area (Å²) in [5, 5.41) is 0. The van der Waals surface area contributed by atoms with Gasteiger partial charge in [0.2, 0.25) is 5.91 Å². The van der Waals surface area contributed by atoms with E-state index in [-0.39, 0.29) is 5.91 Å². The Bertz CT molecular complexity index is 654. The molecule has 1 aromatic heterocycles. The number of carbonyl (C=O) groups is 1. The number of rotatable bonds is 4. The topological polar surface area (TPSA) is 36.4 Å². The first kappa shape index (κ1) is 16.0. The van der Waals surface area contributed by atoms with Crippen LogP contribution >= 0.6 is 15.9 Å². The van der Waals surface area contributed by atoms with Crippen LogP contribution in [0.2, 0.25) is 0 Å². The molecule has 120 valence electrons. The van der Waals surface area contributed by atoms with Crippen LogP contribution in [0.15, 0.2) is 53.1 Å². The van der Waals surface area contributed by atoms with E-state index in [2.05, 4.69) is 31.9 Å². The standard InChI is InChI=1S/C18H20BrN3O/c19-16-6-2-1-5-15(16)8-9-18(23)22-13-11-21(12-14-22)17-7-3-4-10-20-17/h1-7,10H,8-9,11-14H2. The third kappa shape index (κ3) is 4.10. The van der Waals surface area contributed by atoms with Gasteiger partial charge in [-0.1, -0.05) is 40.2 Å². The molecule has 2 heterocycles. The molecule has 1 saturated heterocycles. The van der Waals surface area contributed by atoms with Crippen molar-refractivity contribution in [3.63, 3.8) is 0 Å². The van der Waals surface area contributed by atoms with Crippen molar-refractivity contribution in [1.82, 2.24) is 9.88 Å². The van der Waals surface area contributed by atoms with E-state index in [1.807, 2.05) is 47.5 Å². The lowest BCUT2D eigenvalue weighted by atomic mass is 10.1. The molecule has 1 aliphatic heterocycles. The number of benzene rings is 1. The summed E-state index contributed by atoms with van der Waals surface area (Å²) in [6.07, 6.45) is 3.15. The van der Waals surface area contributed by atoms with Crippen LogP contribution < -0.4 is 4.90 Å². The number of nitrogens with zero attached hydrogens (tertiary/aromatic N) is 3. The Morgan fingerprint density at radius 1 is 1.04 bits per heavy atom. The summed E-state index contributed by atoms with van der Waals surface area (Å²) in [4.78, 5) is 21.0. The Morgan fingerprint density at radius 3 is 2.48 bits per heavy atom. The van der Waals surface area contributed by atoms with Crippen LogP contribution in [0.25, 0.3) is 0 Å². The van der Waals surface area contributed by atoms with Crippen molar-refractivity contribution in [3.8, 4) is 0 Å². The van der Waals surface area contributed by atoms with Gasteiger partial charge >= 0.3 is 0 Å². The molecule has 0 aliphatic carbocycles. The maximum Gasteiger partial charge on any atom is 0.223 e. The molecule has 0 N–H and O–H groups in total. The monoisotopic (exact) mass is 373 g/mol. The Kier molecular flexibility index (Phi) is 5.28. The zero-order valence-corrected chi connectivity index (χ0v) is 14.6. The molecule has 0 spiro atoms. The fraction of sp³-hybridized carbons (Fsp3) is 0.333. The van der Waals surface area contributed by atoms with E-state index in [4.69, 9.17) is 0 Å². The second-order valence-electron chi connectivity index (χ2n) is 5.65. The zero-order valence-electron chi connectivity index (χ0n) is 13.0. The van der Waals surface area contributed by atoms with E-state index < -0.39 is 0 Å². The number of halogens is 1. The first-order valence-electron chi connectivity index (χ1n) is 7.91. The summed E-state index contributed by atoms with van der Waals surface area (Å²) in [6, 6.07) is 14.0. The number of amides is 1. The highest BCUT2D eigenvalue weighted by Crippen LogP contribution is 2.18. The predicted octanol–water partition coefficient (Wildman–Crippen LogP) is 3.13. The van der Waals surface area contributed by atoms with Crippen molar-refractivity contribution in [3.05, 3.63) is 58.7 Å². The molecule has 23 heavy (non-hydrogen) atoms. The molecule has 0 bridgehead atoms. The average Bonchev–Trinajstić information content (AvgIpc) is 2.62. The van der Waals surface area contributed by atoms with E-state index in [1.54, 1.807) is 0 Å². The van der Waals surface area contributed by atoms with E-state index in [0.29, 0.717) is 6.42 Å². The molecule has 0 saturated carbocycles. The fourth-order valence-electron chi connectivity index (χ4n) is 2.83. The smallest absolute Gasteiger partial charge is 0.223 e. The third-order valence-electron chi connectivity index (χ3n) is 4.17. The van der Waals surface area contributed by atoms with Gasteiger partial charge in [0.25, 0.3) is 0 Å². The van der Waals surface area contributed by atoms with Crippen molar-refractivity contribution in [2.75, 3.05) is 31.1 Å².